The summed E-state index contributed by atoms with van der Waals surface area (Å²) in [6, 6.07) is 0. The maximum atomic E-state index is 4.04. The van der Waals surface area contributed by atoms with Gasteiger partial charge in [0.1, 0.15) is 0 Å². The summed E-state index contributed by atoms with van der Waals surface area (Å²) in [4.78, 5) is 0. The van der Waals surface area contributed by atoms with Gasteiger partial charge in [-0.2, -0.15) is 0 Å². The van der Waals surface area contributed by atoms with Gasteiger partial charge in [0.15, 0.2) is 0 Å². The molecule has 1 rings (SSSR count). The Hall–Kier alpha value is -1.30. The largest absolute Gasteiger partial charge is 0.0988 e. The van der Waals surface area contributed by atoms with Crippen molar-refractivity contribution in [1.82, 2.24) is 0 Å². The molecule has 0 saturated heterocycles. The first-order chi connectivity index (χ1) is 7.06. The van der Waals surface area contributed by atoms with E-state index in [2.05, 4.69) is 52.2 Å². The molecule has 0 saturated carbocycles. The van der Waals surface area contributed by atoms with Crippen molar-refractivity contribution >= 4 is 0 Å². The van der Waals surface area contributed by atoms with Crippen molar-refractivity contribution in [1.29, 1.82) is 0 Å². The zero-order chi connectivity index (χ0) is 11.4. The van der Waals surface area contributed by atoms with E-state index in [-0.39, 0.29) is 0 Å². The van der Waals surface area contributed by atoms with Crippen LogP contribution in [0.3, 0.4) is 0 Å². The molecule has 1 aliphatic carbocycles. The van der Waals surface area contributed by atoms with Crippen LogP contribution in [0, 0.1) is 5.92 Å². The fraction of sp³-hybridized carbons (Fsp3) is 0.333. The Kier molecular flexibility index (Phi) is 3.90. The third-order valence-electron chi connectivity index (χ3n) is 2.69. The molecule has 0 radical (unpaired) electrons. The summed E-state index contributed by atoms with van der Waals surface area (Å²) < 4.78 is 0. The molecule has 0 heteroatoms. The summed E-state index contributed by atoms with van der Waals surface area (Å²) in [6.45, 7) is 14.3. The highest BCUT2D eigenvalue weighted by molar-refractivity contribution is 5.55. The number of allylic oxidation sites excluding steroid dienone is 8. The second-order valence-corrected chi connectivity index (χ2v) is 4.28. The molecule has 1 atom stereocenters. The lowest BCUT2D eigenvalue weighted by Crippen LogP contribution is -2.00. The average molecular weight is 200 g/mol. The van der Waals surface area contributed by atoms with E-state index < -0.39 is 0 Å². The predicted octanol–water partition coefficient (Wildman–Crippen LogP) is 4.59. The van der Waals surface area contributed by atoms with Gasteiger partial charge in [-0.05, 0) is 42.9 Å². The van der Waals surface area contributed by atoms with Crippen molar-refractivity contribution in [2.45, 2.75) is 27.2 Å². The Morgan fingerprint density at radius 3 is 2.60 bits per heavy atom. The van der Waals surface area contributed by atoms with E-state index in [0.29, 0.717) is 5.92 Å². The summed E-state index contributed by atoms with van der Waals surface area (Å²) in [5.41, 5.74) is 4.84. The molecule has 0 heterocycles. The molecule has 0 spiro atoms. The lowest BCUT2D eigenvalue weighted by molar-refractivity contribution is 0.730. The van der Waals surface area contributed by atoms with Gasteiger partial charge in [-0.15, -0.1) is 0 Å². The zero-order valence-corrected chi connectivity index (χ0v) is 10.0. The zero-order valence-electron chi connectivity index (χ0n) is 10.0. The van der Waals surface area contributed by atoms with Gasteiger partial charge in [-0.1, -0.05) is 50.0 Å². The lowest BCUT2D eigenvalue weighted by Gasteiger charge is -2.17. The topological polar surface area (TPSA) is 0 Å². The molecule has 0 fully saturated rings. The Balaban J connectivity index is 3.17. The fourth-order valence-corrected chi connectivity index (χ4v) is 1.92. The molecule has 0 N–H and O–H groups in total. The van der Waals surface area contributed by atoms with Crippen LogP contribution in [0.25, 0.3) is 0 Å². The Labute approximate surface area is 93.4 Å². The number of rotatable bonds is 3. The van der Waals surface area contributed by atoms with Crippen LogP contribution in [0.2, 0.25) is 0 Å². The average Bonchev–Trinajstić information content (AvgIpc) is 2.17. The minimum atomic E-state index is 0.622. The van der Waals surface area contributed by atoms with E-state index in [1.807, 2.05) is 6.08 Å². The summed E-state index contributed by atoms with van der Waals surface area (Å²) in [5, 5.41) is 0. The van der Waals surface area contributed by atoms with Crippen LogP contribution in [0.5, 0.6) is 0 Å². The van der Waals surface area contributed by atoms with Gasteiger partial charge in [-0.25, -0.2) is 0 Å². The molecule has 0 bridgehead atoms. The van der Waals surface area contributed by atoms with Gasteiger partial charge < -0.3 is 0 Å². The molecule has 80 valence electrons. The first-order valence-electron chi connectivity index (χ1n) is 5.44. The molecular weight excluding hydrogens is 180 g/mol. The van der Waals surface area contributed by atoms with E-state index >= 15 is 0 Å². The third kappa shape index (κ3) is 2.82. The quantitative estimate of drug-likeness (QED) is 0.585. The van der Waals surface area contributed by atoms with Crippen LogP contribution in [0.1, 0.15) is 27.2 Å². The van der Waals surface area contributed by atoms with E-state index in [4.69, 9.17) is 0 Å². The predicted molar refractivity (Wildman–Crippen MR) is 68.7 cm³/mol. The van der Waals surface area contributed by atoms with Crippen molar-refractivity contribution in [3.8, 4) is 0 Å². The van der Waals surface area contributed by atoms with Crippen molar-refractivity contribution in [2.24, 2.45) is 5.92 Å². The standard InChI is InChI=1S/C15H20/c1-6-13(5)15(11(2)3)14-9-7-8-12(4)10-14/h6-7,9-10,12H,1-2,8H2,3-5H3/b15-13-. The second-order valence-electron chi connectivity index (χ2n) is 4.28. The first kappa shape index (κ1) is 11.8. The second kappa shape index (κ2) is 4.97. The van der Waals surface area contributed by atoms with E-state index in [1.165, 1.54) is 16.7 Å². The van der Waals surface area contributed by atoms with Gasteiger partial charge in [0, 0.05) is 0 Å². The highest BCUT2D eigenvalue weighted by Crippen LogP contribution is 2.28. The maximum absolute atomic E-state index is 4.04. The number of hydrogen-bond donors (Lipinski definition) is 0. The van der Waals surface area contributed by atoms with E-state index in [1.54, 1.807) is 0 Å². The minimum Gasteiger partial charge on any atom is -0.0988 e. The van der Waals surface area contributed by atoms with Crippen LogP contribution in [0.15, 0.2) is 59.8 Å². The molecule has 0 aromatic heterocycles. The van der Waals surface area contributed by atoms with E-state index in [0.717, 1.165) is 12.0 Å². The monoisotopic (exact) mass is 200 g/mol. The summed E-state index contributed by atoms with van der Waals surface area (Å²) in [5.74, 6) is 0.622. The molecule has 0 amide bonds. The molecule has 0 aliphatic heterocycles. The van der Waals surface area contributed by atoms with Crippen molar-refractivity contribution in [3.63, 3.8) is 0 Å². The van der Waals surface area contributed by atoms with Gasteiger partial charge in [0.25, 0.3) is 0 Å². The molecule has 0 aromatic carbocycles. The Morgan fingerprint density at radius 1 is 1.47 bits per heavy atom. The Morgan fingerprint density at radius 2 is 2.13 bits per heavy atom. The van der Waals surface area contributed by atoms with Gasteiger partial charge in [0.2, 0.25) is 0 Å². The maximum Gasteiger partial charge on any atom is -0.0135 e. The van der Waals surface area contributed by atoms with Crippen LogP contribution in [-0.4, -0.2) is 0 Å². The summed E-state index contributed by atoms with van der Waals surface area (Å²) in [7, 11) is 0. The first-order valence-corrected chi connectivity index (χ1v) is 5.44. The van der Waals surface area contributed by atoms with Crippen LogP contribution in [0.4, 0.5) is 0 Å². The normalized spacial score (nSPS) is 21.8. The van der Waals surface area contributed by atoms with Crippen LogP contribution in [-0.2, 0) is 0 Å². The molecular formula is C15H20. The van der Waals surface area contributed by atoms with Crippen molar-refractivity contribution in [3.05, 3.63) is 59.8 Å². The van der Waals surface area contributed by atoms with Crippen LogP contribution >= 0.6 is 0 Å². The number of hydrogen-bond acceptors (Lipinski definition) is 0. The third-order valence-corrected chi connectivity index (χ3v) is 2.69. The fourth-order valence-electron chi connectivity index (χ4n) is 1.92. The van der Waals surface area contributed by atoms with Crippen LogP contribution < -0.4 is 0 Å². The Bertz CT molecular complexity index is 361. The molecule has 1 aliphatic rings. The van der Waals surface area contributed by atoms with Gasteiger partial charge in [0.05, 0.1) is 0 Å². The molecule has 15 heavy (non-hydrogen) atoms. The smallest absolute Gasteiger partial charge is 0.0135 e. The van der Waals surface area contributed by atoms with Gasteiger partial charge in [-0.3, -0.25) is 0 Å². The highest BCUT2D eigenvalue weighted by atomic mass is 14.2. The summed E-state index contributed by atoms with van der Waals surface area (Å²) in [6.07, 6.45) is 9.78. The highest BCUT2D eigenvalue weighted by Gasteiger charge is 2.10. The molecule has 0 nitrogen and oxygen atoms in total. The molecule has 1 unspecified atom stereocenters. The van der Waals surface area contributed by atoms with Crippen molar-refractivity contribution in [2.75, 3.05) is 0 Å². The molecule has 0 aromatic rings. The summed E-state index contributed by atoms with van der Waals surface area (Å²) >= 11 is 0. The van der Waals surface area contributed by atoms with Crippen molar-refractivity contribution < 1.29 is 0 Å². The van der Waals surface area contributed by atoms with Gasteiger partial charge >= 0.3 is 0 Å². The lowest BCUT2D eigenvalue weighted by atomic mass is 9.88. The minimum absolute atomic E-state index is 0.622. The SMILES string of the molecule is C=C/C(C)=C(/C(=C)C)C1=CC(C)CC=C1. The van der Waals surface area contributed by atoms with E-state index in [9.17, 15) is 0 Å².